The van der Waals surface area contributed by atoms with Crippen molar-refractivity contribution in [1.82, 2.24) is 0 Å². The third-order valence-corrected chi connectivity index (χ3v) is 6.91. The number of aliphatic carboxylic acids is 1. The lowest BCUT2D eigenvalue weighted by molar-refractivity contribution is -0.192. The molecule has 1 aliphatic carbocycles. The molecule has 0 bridgehead atoms. The van der Waals surface area contributed by atoms with Gasteiger partial charge >= 0.3 is 12.1 Å². The molecule has 5 atom stereocenters. The number of carboxylic acids is 1. The number of nitrogens with zero attached hydrogens (tertiary/aromatic N) is 2. The number of carboxylic acid groups (broad SMARTS) is 1. The molecule has 3 heterocycles. The molecular weight excluding hydrogens is 479 g/mol. The summed E-state index contributed by atoms with van der Waals surface area (Å²) in [6.07, 6.45) is 2.20. The van der Waals surface area contributed by atoms with Gasteiger partial charge < -0.3 is 25.4 Å². The number of ether oxygens (including phenoxy) is 2. The van der Waals surface area contributed by atoms with E-state index < -0.39 is 22.6 Å². The van der Waals surface area contributed by atoms with E-state index in [4.69, 9.17) is 41.7 Å². The molecular formula is C22H23ClF3N3O5. The van der Waals surface area contributed by atoms with Crippen molar-refractivity contribution in [1.29, 1.82) is 0 Å². The highest BCUT2D eigenvalue weighted by molar-refractivity contribution is 6.26. The minimum Gasteiger partial charge on any atom is -0.490 e. The van der Waals surface area contributed by atoms with Crippen LogP contribution in [-0.4, -0.2) is 60.0 Å². The van der Waals surface area contributed by atoms with Crippen LogP contribution in [0.4, 0.5) is 13.2 Å². The van der Waals surface area contributed by atoms with Gasteiger partial charge in [-0.05, 0) is 36.6 Å². The zero-order valence-corrected chi connectivity index (χ0v) is 18.6. The molecule has 1 fully saturated rings. The van der Waals surface area contributed by atoms with E-state index in [9.17, 15) is 18.3 Å². The number of halogens is 4. The van der Waals surface area contributed by atoms with E-state index in [1.54, 1.807) is 6.21 Å². The highest BCUT2D eigenvalue weighted by atomic mass is 35.5. The number of nitrogens with two attached hydrogens (primary N) is 1. The Labute approximate surface area is 197 Å². The molecule has 4 aliphatic rings. The fraction of sp³-hybridized carbons (Fsp3) is 0.500. The van der Waals surface area contributed by atoms with Crippen LogP contribution in [0.5, 0.6) is 5.75 Å². The zero-order chi connectivity index (χ0) is 24.7. The first-order valence-electron chi connectivity index (χ1n) is 10.6. The first-order chi connectivity index (χ1) is 15.9. The fourth-order valence-corrected chi connectivity index (χ4v) is 5.09. The van der Waals surface area contributed by atoms with Gasteiger partial charge in [0.05, 0.1) is 12.6 Å². The minimum absolute atomic E-state index is 0.102. The molecule has 1 spiro atoms. The van der Waals surface area contributed by atoms with Crippen molar-refractivity contribution in [3.05, 3.63) is 41.5 Å². The highest BCUT2D eigenvalue weighted by Crippen LogP contribution is 2.53. The Morgan fingerprint density at radius 3 is 2.62 bits per heavy atom. The van der Waals surface area contributed by atoms with E-state index in [2.05, 4.69) is 11.1 Å². The Bertz CT molecular complexity index is 1060. The third kappa shape index (κ3) is 4.46. The number of fused-ring (bicyclic) bond motifs is 4. The van der Waals surface area contributed by atoms with Crippen molar-refractivity contribution in [2.75, 3.05) is 13.2 Å². The smallest absolute Gasteiger partial charge is 0.490 e. The predicted octanol–water partition coefficient (Wildman–Crippen LogP) is 2.86. The summed E-state index contributed by atoms with van der Waals surface area (Å²) in [6.45, 7) is 0.872. The van der Waals surface area contributed by atoms with E-state index in [1.165, 1.54) is 0 Å². The summed E-state index contributed by atoms with van der Waals surface area (Å²) in [4.78, 5) is 17.3. The van der Waals surface area contributed by atoms with Crippen LogP contribution in [0.25, 0.3) is 0 Å². The average molecular weight is 502 g/mol. The van der Waals surface area contributed by atoms with Gasteiger partial charge in [-0.25, -0.2) is 9.79 Å². The quantitative estimate of drug-likeness (QED) is 0.508. The molecule has 0 saturated heterocycles. The number of carbonyl (C=O) groups is 1. The first-order valence-corrected chi connectivity index (χ1v) is 11.0. The standard InChI is InChI=1S/C20H22ClN3O3.C2HF3O2/c21-19(6-1-7-23-10-19)12-2-5-16-15(8-12)20(11-26-18(22)24-20)14-4-3-13(25)9-17(14)27-16;3-2(4,5)1(6)7/h1-2,5-8,13-14,17,25H,3-4,9-11H2,(H2,22,24);(H,6,7)/t13-,14-,17-,19?,20?;/m0./s1. The summed E-state index contributed by atoms with van der Waals surface area (Å²) < 4.78 is 43.7. The van der Waals surface area contributed by atoms with Crippen molar-refractivity contribution < 1.29 is 37.7 Å². The predicted molar refractivity (Wildman–Crippen MR) is 117 cm³/mol. The molecule has 1 aromatic rings. The Morgan fingerprint density at radius 2 is 2.03 bits per heavy atom. The molecule has 0 aromatic heterocycles. The molecule has 4 N–H and O–H groups in total. The third-order valence-electron chi connectivity index (χ3n) is 6.45. The normalized spacial score (nSPS) is 33.6. The lowest BCUT2D eigenvalue weighted by atomic mass is 9.67. The number of alkyl halides is 4. The summed E-state index contributed by atoms with van der Waals surface area (Å²) >= 11 is 6.86. The molecule has 184 valence electrons. The van der Waals surface area contributed by atoms with Gasteiger partial charge in [-0.3, -0.25) is 4.99 Å². The van der Waals surface area contributed by atoms with Gasteiger partial charge in [0.1, 0.15) is 28.9 Å². The lowest BCUT2D eigenvalue weighted by Gasteiger charge is -2.47. The van der Waals surface area contributed by atoms with Crippen LogP contribution in [0.3, 0.4) is 0 Å². The zero-order valence-electron chi connectivity index (χ0n) is 17.8. The summed E-state index contributed by atoms with van der Waals surface area (Å²) in [7, 11) is 0. The molecule has 1 aromatic carbocycles. The lowest BCUT2D eigenvalue weighted by Crippen LogP contribution is -2.51. The number of hydrogen-bond acceptors (Lipinski definition) is 7. The number of aliphatic imine (C=N–C) groups is 2. The van der Waals surface area contributed by atoms with Gasteiger partial charge in [-0.2, -0.15) is 13.2 Å². The van der Waals surface area contributed by atoms with Gasteiger partial charge in [0.2, 0.25) is 0 Å². The van der Waals surface area contributed by atoms with Crippen molar-refractivity contribution in [3.8, 4) is 5.75 Å². The molecule has 2 unspecified atom stereocenters. The second-order valence-corrected chi connectivity index (χ2v) is 9.29. The van der Waals surface area contributed by atoms with Crippen molar-refractivity contribution in [2.24, 2.45) is 21.6 Å². The topological polar surface area (TPSA) is 127 Å². The van der Waals surface area contributed by atoms with Crippen LogP contribution >= 0.6 is 11.6 Å². The first kappa shape index (κ1) is 24.3. The molecule has 0 radical (unpaired) electrons. The van der Waals surface area contributed by atoms with Crippen LogP contribution in [0.1, 0.15) is 30.4 Å². The Morgan fingerprint density at radius 1 is 1.29 bits per heavy atom. The molecule has 34 heavy (non-hydrogen) atoms. The van der Waals surface area contributed by atoms with E-state index in [1.807, 2.05) is 24.3 Å². The van der Waals surface area contributed by atoms with E-state index >= 15 is 0 Å². The van der Waals surface area contributed by atoms with E-state index in [-0.39, 0.29) is 24.1 Å². The van der Waals surface area contributed by atoms with E-state index in [0.29, 0.717) is 19.6 Å². The number of hydrogen-bond donors (Lipinski definition) is 3. The van der Waals surface area contributed by atoms with Crippen molar-refractivity contribution in [2.45, 2.75) is 48.1 Å². The number of allylic oxidation sites excluding steroid dienone is 1. The number of dihydropyridines is 1. The number of rotatable bonds is 1. The summed E-state index contributed by atoms with van der Waals surface area (Å²) in [6, 6.07) is 6.21. The highest BCUT2D eigenvalue weighted by Gasteiger charge is 2.55. The SMILES string of the molecule is NC1=NC2(CO1)c1cc(C3(Cl)C=CC=NC3)ccc1O[C@H]1C[C@@H](O)CC[C@@H]12.O=C(O)C(F)(F)F. The van der Waals surface area contributed by atoms with E-state index in [0.717, 1.165) is 29.7 Å². The van der Waals surface area contributed by atoms with Gasteiger partial charge in [-0.15, -0.1) is 11.6 Å². The number of aliphatic hydroxyl groups excluding tert-OH is 1. The van der Waals surface area contributed by atoms with Gasteiger partial charge in [0, 0.05) is 24.1 Å². The maximum atomic E-state index is 10.6. The second-order valence-electron chi connectivity index (χ2n) is 8.62. The summed E-state index contributed by atoms with van der Waals surface area (Å²) in [5.74, 6) is -1.89. The summed E-state index contributed by atoms with van der Waals surface area (Å²) in [5, 5.41) is 17.2. The molecule has 0 amide bonds. The van der Waals surface area contributed by atoms with Crippen LogP contribution in [0, 0.1) is 5.92 Å². The largest absolute Gasteiger partial charge is 0.490 e. The van der Waals surface area contributed by atoms with Gasteiger partial charge in [0.15, 0.2) is 0 Å². The van der Waals surface area contributed by atoms with Crippen molar-refractivity contribution in [3.63, 3.8) is 0 Å². The second kappa shape index (κ2) is 8.77. The van der Waals surface area contributed by atoms with Crippen molar-refractivity contribution >= 4 is 29.8 Å². The Balaban J connectivity index is 0.000000344. The van der Waals surface area contributed by atoms with Crippen LogP contribution in [-0.2, 0) is 19.9 Å². The molecule has 3 aliphatic heterocycles. The molecule has 5 rings (SSSR count). The number of amidine groups is 1. The maximum Gasteiger partial charge on any atom is 0.490 e. The van der Waals surface area contributed by atoms with Crippen LogP contribution < -0.4 is 10.5 Å². The number of benzene rings is 1. The summed E-state index contributed by atoms with van der Waals surface area (Å²) in [5.41, 5.74) is 7.26. The van der Waals surface area contributed by atoms with Crippen LogP contribution in [0.2, 0.25) is 0 Å². The number of aliphatic hydroxyl groups is 1. The fourth-order valence-electron chi connectivity index (χ4n) is 4.83. The molecule has 1 saturated carbocycles. The monoisotopic (exact) mass is 501 g/mol. The van der Waals surface area contributed by atoms with Crippen LogP contribution in [0.15, 0.2) is 40.3 Å². The Kier molecular flexibility index (Phi) is 6.28. The molecule has 12 heteroatoms. The maximum absolute atomic E-state index is 10.6. The average Bonchev–Trinajstić information content (AvgIpc) is 3.16. The minimum atomic E-state index is -5.08. The van der Waals surface area contributed by atoms with Gasteiger partial charge in [-0.1, -0.05) is 12.1 Å². The Hall–Kier alpha value is -2.79. The van der Waals surface area contributed by atoms with Gasteiger partial charge in [0.25, 0.3) is 6.02 Å². The molecule has 8 nitrogen and oxygen atoms in total.